The Labute approximate surface area is 107 Å². The van der Waals surface area contributed by atoms with Gasteiger partial charge in [0.15, 0.2) is 0 Å². The number of rotatable bonds is 3. The first-order valence-electron chi connectivity index (χ1n) is 5.31. The zero-order valence-electron chi connectivity index (χ0n) is 9.61. The number of carboxylic acid groups (broad SMARTS) is 1. The number of carboxylic acids is 1. The average Bonchev–Trinajstić information content (AvgIpc) is 2.38. The van der Waals surface area contributed by atoms with Crippen molar-refractivity contribution in [1.82, 2.24) is 0 Å². The molecule has 2 N–H and O–H groups in total. The van der Waals surface area contributed by atoms with Gasteiger partial charge in [-0.15, -0.1) is 0 Å². The van der Waals surface area contributed by atoms with Crippen molar-refractivity contribution < 1.29 is 19.9 Å². The highest BCUT2D eigenvalue weighted by Crippen LogP contribution is 2.37. The Bertz CT molecular complexity index is 666. The van der Waals surface area contributed by atoms with Crippen molar-refractivity contribution in [3.63, 3.8) is 0 Å². The number of aromatic carboxylic acids is 1. The van der Waals surface area contributed by atoms with Gasteiger partial charge in [-0.2, -0.15) is 0 Å². The van der Waals surface area contributed by atoms with Gasteiger partial charge in [-0.25, -0.2) is 4.79 Å². The maximum atomic E-state index is 11.1. The van der Waals surface area contributed by atoms with Crippen LogP contribution in [0.25, 0.3) is 11.1 Å². The molecule has 0 atom stereocenters. The highest BCUT2D eigenvalue weighted by molar-refractivity contribution is 5.97. The molecule has 19 heavy (non-hydrogen) atoms. The van der Waals surface area contributed by atoms with Crippen LogP contribution in [0.5, 0.6) is 5.75 Å². The fourth-order valence-corrected chi connectivity index (χ4v) is 1.83. The predicted octanol–water partition coefficient (Wildman–Crippen LogP) is 2.67. The fourth-order valence-electron chi connectivity index (χ4n) is 1.83. The normalized spacial score (nSPS) is 10.1. The third-order valence-corrected chi connectivity index (χ3v) is 2.64. The average molecular weight is 259 g/mol. The van der Waals surface area contributed by atoms with Gasteiger partial charge in [-0.05, 0) is 18.2 Å². The maximum Gasteiger partial charge on any atom is 0.342 e. The summed E-state index contributed by atoms with van der Waals surface area (Å²) >= 11 is 0. The first-order chi connectivity index (χ1) is 9.02. The van der Waals surface area contributed by atoms with E-state index in [1.54, 1.807) is 12.1 Å². The number of phenols is 1. The molecule has 0 spiro atoms. The fraction of sp³-hybridized carbons (Fsp3) is 0. The molecule has 0 aliphatic carbocycles. The third kappa shape index (κ3) is 2.23. The van der Waals surface area contributed by atoms with E-state index in [1.807, 2.05) is 0 Å². The van der Waals surface area contributed by atoms with Crippen molar-refractivity contribution in [1.29, 1.82) is 0 Å². The van der Waals surface area contributed by atoms with Crippen LogP contribution in [0.4, 0.5) is 5.69 Å². The van der Waals surface area contributed by atoms with Gasteiger partial charge in [0.25, 0.3) is 5.69 Å². The molecule has 0 heterocycles. The summed E-state index contributed by atoms with van der Waals surface area (Å²) < 4.78 is 0. The molecule has 0 aliphatic rings. The molecule has 0 fully saturated rings. The van der Waals surface area contributed by atoms with E-state index in [2.05, 4.69) is 0 Å². The van der Waals surface area contributed by atoms with Crippen molar-refractivity contribution in [3.8, 4) is 16.9 Å². The first-order valence-corrected chi connectivity index (χ1v) is 5.31. The smallest absolute Gasteiger partial charge is 0.342 e. The van der Waals surface area contributed by atoms with Crippen LogP contribution in [0, 0.1) is 10.1 Å². The largest absolute Gasteiger partial charge is 0.507 e. The molecule has 0 saturated heterocycles. The molecule has 0 saturated carbocycles. The highest BCUT2D eigenvalue weighted by atomic mass is 16.6. The molecule has 2 aromatic carbocycles. The lowest BCUT2D eigenvalue weighted by molar-refractivity contribution is -0.384. The summed E-state index contributed by atoms with van der Waals surface area (Å²) in [5.41, 5.74) is -0.650. The zero-order valence-corrected chi connectivity index (χ0v) is 9.61. The summed E-state index contributed by atoms with van der Waals surface area (Å²) in [6, 6.07) is 10.0. The molecule has 0 radical (unpaired) electrons. The summed E-state index contributed by atoms with van der Waals surface area (Å²) in [7, 11) is 0. The number of phenolic OH excluding ortho intramolecular Hbond substituents is 1. The van der Waals surface area contributed by atoms with Gasteiger partial charge in [0.1, 0.15) is 11.3 Å². The first kappa shape index (κ1) is 12.6. The van der Waals surface area contributed by atoms with Crippen molar-refractivity contribution in [2.24, 2.45) is 0 Å². The maximum absolute atomic E-state index is 11.1. The van der Waals surface area contributed by atoms with Crippen molar-refractivity contribution in [2.45, 2.75) is 0 Å². The number of aromatic hydroxyl groups is 1. The Balaban J connectivity index is 2.78. The number of hydrogen-bond acceptors (Lipinski definition) is 4. The van der Waals surface area contributed by atoms with Crippen LogP contribution >= 0.6 is 0 Å². The van der Waals surface area contributed by atoms with Gasteiger partial charge in [0, 0.05) is 5.56 Å². The van der Waals surface area contributed by atoms with E-state index in [4.69, 9.17) is 5.11 Å². The van der Waals surface area contributed by atoms with E-state index in [1.165, 1.54) is 24.3 Å². The van der Waals surface area contributed by atoms with Gasteiger partial charge in [0.05, 0.1) is 10.5 Å². The van der Waals surface area contributed by atoms with E-state index in [-0.39, 0.29) is 16.9 Å². The van der Waals surface area contributed by atoms with Crippen LogP contribution in [0.1, 0.15) is 10.4 Å². The van der Waals surface area contributed by atoms with Crippen LogP contribution in [0.2, 0.25) is 0 Å². The Morgan fingerprint density at radius 3 is 2.26 bits per heavy atom. The Hall–Kier alpha value is -2.89. The van der Waals surface area contributed by atoms with E-state index >= 15 is 0 Å². The highest BCUT2D eigenvalue weighted by Gasteiger charge is 2.25. The molecule has 96 valence electrons. The zero-order chi connectivity index (χ0) is 14.0. The second-order valence-electron chi connectivity index (χ2n) is 3.78. The minimum absolute atomic E-state index is 0.0722. The topological polar surface area (TPSA) is 101 Å². The lowest BCUT2D eigenvalue weighted by Gasteiger charge is -2.07. The molecule has 0 bridgehead atoms. The molecule has 2 aromatic rings. The molecule has 0 aliphatic heterocycles. The minimum Gasteiger partial charge on any atom is -0.507 e. The monoisotopic (exact) mass is 259 g/mol. The Kier molecular flexibility index (Phi) is 3.15. The van der Waals surface area contributed by atoms with Crippen molar-refractivity contribution >= 4 is 11.7 Å². The molecule has 0 amide bonds. The Morgan fingerprint density at radius 2 is 1.68 bits per heavy atom. The summed E-state index contributed by atoms with van der Waals surface area (Å²) in [5, 5.41) is 29.8. The summed E-state index contributed by atoms with van der Waals surface area (Å²) in [5.74, 6) is -1.53. The van der Waals surface area contributed by atoms with Crippen LogP contribution in [0.15, 0.2) is 42.5 Å². The number of nitrogens with zero attached hydrogens (tertiary/aromatic N) is 1. The van der Waals surface area contributed by atoms with Crippen LogP contribution in [-0.4, -0.2) is 21.1 Å². The number of benzene rings is 2. The number of carbonyl (C=O) groups is 1. The molecular weight excluding hydrogens is 250 g/mol. The van der Waals surface area contributed by atoms with E-state index in [0.29, 0.717) is 0 Å². The standard InChI is InChI=1S/C13H9NO5/c15-11-7-2-1-4-8(11)9-5-3-6-10(13(16)17)12(9)14(18)19/h1-7,15H,(H,16,17). The molecule has 0 aromatic heterocycles. The number of nitro groups is 1. The predicted molar refractivity (Wildman–Crippen MR) is 67.2 cm³/mol. The second-order valence-corrected chi connectivity index (χ2v) is 3.78. The number of nitro benzene ring substituents is 1. The van der Waals surface area contributed by atoms with Crippen molar-refractivity contribution in [3.05, 3.63) is 58.1 Å². The number of hydrogen-bond donors (Lipinski definition) is 2. The van der Waals surface area contributed by atoms with Gasteiger partial charge in [-0.1, -0.05) is 24.3 Å². The lowest BCUT2D eigenvalue weighted by Crippen LogP contribution is -2.04. The molecule has 0 unspecified atom stereocenters. The van der Waals surface area contributed by atoms with Gasteiger partial charge in [-0.3, -0.25) is 10.1 Å². The van der Waals surface area contributed by atoms with E-state index in [9.17, 15) is 20.0 Å². The lowest BCUT2D eigenvalue weighted by atomic mass is 9.99. The van der Waals surface area contributed by atoms with Crippen LogP contribution in [0.3, 0.4) is 0 Å². The molecule has 2 rings (SSSR count). The van der Waals surface area contributed by atoms with Gasteiger partial charge < -0.3 is 10.2 Å². The Morgan fingerprint density at radius 1 is 1.05 bits per heavy atom. The minimum atomic E-state index is -1.39. The third-order valence-electron chi connectivity index (χ3n) is 2.64. The summed E-state index contributed by atoms with van der Waals surface area (Å²) in [6.07, 6.45) is 0. The van der Waals surface area contributed by atoms with Crippen LogP contribution < -0.4 is 0 Å². The number of para-hydroxylation sites is 2. The van der Waals surface area contributed by atoms with E-state index < -0.39 is 22.1 Å². The second kappa shape index (κ2) is 4.77. The van der Waals surface area contributed by atoms with Crippen LogP contribution in [-0.2, 0) is 0 Å². The van der Waals surface area contributed by atoms with Crippen molar-refractivity contribution in [2.75, 3.05) is 0 Å². The van der Waals surface area contributed by atoms with Gasteiger partial charge in [0.2, 0.25) is 0 Å². The van der Waals surface area contributed by atoms with Gasteiger partial charge >= 0.3 is 5.97 Å². The molecule has 6 heteroatoms. The summed E-state index contributed by atoms with van der Waals surface area (Å²) in [4.78, 5) is 21.4. The van der Waals surface area contributed by atoms with E-state index in [0.717, 1.165) is 6.07 Å². The quantitative estimate of drug-likeness (QED) is 0.651. The molecular formula is C13H9NO5. The molecule has 6 nitrogen and oxygen atoms in total. The SMILES string of the molecule is O=C(O)c1cccc(-c2ccccc2O)c1[N+](=O)[O-]. The summed E-state index contributed by atoms with van der Waals surface area (Å²) in [6.45, 7) is 0.